The Kier molecular flexibility index (Phi) is 5.01. The lowest BCUT2D eigenvalue weighted by atomic mass is 10.3. The molecule has 0 unspecified atom stereocenters. The van der Waals surface area contributed by atoms with Crippen molar-refractivity contribution in [2.45, 2.75) is 9.79 Å². The Balaban J connectivity index is 2.03. The molecule has 6 nitrogen and oxygen atoms in total. The number of rotatable bonds is 6. The minimum absolute atomic E-state index is 0.147. The minimum atomic E-state index is -3.31. The molecule has 2 aromatic rings. The van der Waals surface area contributed by atoms with E-state index in [9.17, 15) is 16.8 Å². The second kappa shape index (κ2) is 6.63. The SMILES string of the molecule is CS(=O)(=O)c1cccc(OBOc2cccc(S(C)(=O)=O)c2)c1. The molecule has 0 amide bonds. The number of hydrogen-bond acceptors (Lipinski definition) is 6. The van der Waals surface area contributed by atoms with Crippen molar-refractivity contribution in [3.8, 4) is 11.5 Å². The summed E-state index contributed by atoms with van der Waals surface area (Å²) in [5.74, 6) is 0.680. The lowest BCUT2D eigenvalue weighted by molar-refractivity contribution is 0.457. The molecular weight excluding hydrogens is 339 g/mol. The van der Waals surface area contributed by atoms with Crippen molar-refractivity contribution in [3.05, 3.63) is 48.5 Å². The predicted molar refractivity (Wildman–Crippen MR) is 87.5 cm³/mol. The average Bonchev–Trinajstić information content (AvgIpc) is 2.46. The summed E-state index contributed by atoms with van der Waals surface area (Å²) in [6, 6.07) is 12.1. The molecule has 0 atom stereocenters. The van der Waals surface area contributed by atoms with Crippen molar-refractivity contribution < 1.29 is 26.1 Å². The van der Waals surface area contributed by atoms with Gasteiger partial charge >= 0.3 is 7.69 Å². The molecule has 0 spiro atoms. The Morgan fingerprint density at radius 1 is 0.739 bits per heavy atom. The van der Waals surface area contributed by atoms with Gasteiger partial charge in [0.05, 0.1) is 9.79 Å². The summed E-state index contributed by atoms with van der Waals surface area (Å²) in [4.78, 5) is 0.295. The fourth-order valence-electron chi connectivity index (χ4n) is 1.75. The summed E-state index contributed by atoms with van der Waals surface area (Å²) in [5.41, 5.74) is 0. The van der Waals surface area contributed by atoms with Crippen LogP contribution in [0, 0.1) is 0 Å². The molecular formula is C14H15BO6S2. The maximum Gasteiger partial charge on any atom is 0.576 e. The van der Waals surface area contributed by atoms with Crippen LogP contribution in [-0.2, 0) is 19.7 Å². The number of benzene rings is 2. The van der Waals surface area contributed by atoms with Crippen molar-refractivity contribution in [2.24, 2.45) is 0 Å². The highest BCUT2D eigenvalue weighted by Crippen LogP contribution is 2.19. The van der Waals surface area contributed by atoms with E-state index in [1.807, 2.05) is 0 Å². The molecule has 0 aromatic heterocycles. The Morgan fingerprint density at radius 3 is 1.48 bits per heavy atom. The van der Waals surface area contributed by atoms with Gasteiger partial charge in [-0.05, 0) is 36.4 Å². The lowest BCUT2D eigenvalue weighted by Crippen LogP contribution is -2.11. The smallest absolute Gasteiger partial charge is 0.528 e. The van der Waals surface area contributed by atoms with Gasteiger partial charge in [-0.25, -0.2) is 16.8 Å². The summed E-state index contributed by atoms with van der Waals surface area (Å²) in [6.45, 7) is 0. The Hall–Kier alpha value is -2.00. The number of hydrogen-bond donors (Lipinski definition) is 0. The number of sulfone groups is 2. The molecule has 2 rings (SSSR count). The quantitative estimate of drug-likeness (QED) is 0.725. The third kappa shape index (κ3) is 5.00. The fourth-order valence-corrected chi connectivity index (χ4v) is 3.07. The van der Waals surface area contributed by atoms with Crippen LogP contribution in [0.4, 0.5) is 0 Å². The first-order valence-electron chi connectivity index (χ1n) is 6.52. The predicted octanol–water partition coefficient (Wildman–Crippen LogP) is 1.22. The second-order valence-corrected chi connectivity index (χ2v) is 8.93. The molecule has 122 valence electrons. The molecule has 0 aliphatic carbocycles. The van der Waals surface area contributed by atoms with Crippen LogP contribution in [0.25, 0.3) is 0 Å². The summed E-state index contributed by atoms with van der Waals surface area (Å²) < 4.78 is 56.5. The van der Waals surface area contributed by atoms with Crippen LogP contribution >= 0.6 is 0 Å². The zero-order valence-electron chi connectivity index (χ0n) is 12.6. The van der Waals surface area contributed by atoms with E-state index in [1.165, 1.54) is 24.3 Å². The molecule has 0 fully saturated rings. The van der Waals surface area contributed by atoms with Crippen molar-refractivity contribution in [2.75, 3.05) is 12.5 Å². The Bertz CT molecular complexity index is 831. The van der Waals surface area contributed by atoms with Gasteiger partial charge in [0.25, 0.3) is 0 Å². The highest BCUT2D eigenvalue weighted by molar-refractivity contribution is 7.91. The van der Waals surface area contributed by atoms with Crippen molar-refractivity contribution in [1.29, 1.82) is 0 Å². The molecule has 0 N–H and O–H groups in total. The summed E-state index contributed by atoms with van der Waals surface area (Å²) >= 11 is 0. The first-order chi connectivity index (χ1) is 10.7. The van der Waals surface area contributed by atoms with E-state index >= 15 is 0 Å². The third-order valence-electron chi connectivity index (χ3n) is 2.92. The maximum atomic E-state index is 11.5. The highest BCUT2D eigenvalue weighted by atomic mass is 32.2. The summed E-state index contributed by atoms with van der Waals surface area (Å²) in [5, 5.41) is 0. The zero-order valence-corrected chi connectivity index (χ0v) is 14.2. The van der Waals surface area contributed by atoms with Crippen LogP contribution in [0.1, 0.15) is 0 Å². The molecule has 0 aliphatic rings. The van der Waals surface area contributed by atoms with Crippen LogP contribution < -0.4 is 9.31 Å². The molecule has 23 heavy (non-hydrogen) atoms. The topological polar surface area (TPSA) is 86.7 Å². The minimum Gasteiger partial charge on any atom is -0.528 e. The van der Waals surface area contributed by atoms with E-state index in [0.717, 1.165) is 12.5 Å². The molecule has 0 saturated heterocycles. The van der Waals surface area contributed by atoms with Crippen molar-refractivity contribution in [3.63, 3.8) is 0 Å². The van der Waals surface area contributed by atoms with Crippen LogP contribution in [0.15, 0.2) is 58.3 Å². The van der Waals surface area contributed by atoms with Gasteiger partial charge in [0.1, 0.15) is 11.5 Å². The van der Waals surface area contributed by atoms with Crippen LogP contribution in [0.5, 0.6) is 11.5 Å². The van der Waals surface area contributed by atoms with Gasteiger partial charge < -0.3 is 9.31 Å². The Labute approximate surface area is 136 Å². The van der Waals surface area contributed by atoms with Crippen molar-refractivity contribution in [1.82, 2.24) is 0 Å². The molecule has 0 heterocycles. The van der Waals surface area contributed by atoms with Crippen LogP contribution in [-0.4, -0.2) is 37.0 Å². The second-order valence-electron chi connectivity index (χ2n) is 4.90. The van der Waals surface area contributed by atoms with E-state index in [-0.39, 0.29) is 17.5 Å². The highest BCUT2D eigenvalue weighted by Gasteiger charge is 2.10. The fraction of sp³-hybridized carbons (Fsp3) is 0.143. The third-order valence-corrected chi connectivity index (χ3v) is 5.14. The lowest BCUT2D eigenvalue weighted by Gasteiger charge is -2.09. The van der Waals surface area contributed by atoms with Crippen molar-refractivity contribution >= 4 is 27.4 Å². The monoisotopic (exact) mass is 354 g/mol. The van der Waals surface area contributed by atoms with Gasteiger partial charge in [-0.2, -0.15) is 0 Å². The largest absolute Gasteiger partial charge is 0.576 e. The molecule has 0 bridgehead atoms. The van der Waals surface area contributed by atoms with Gasteiger partial charge in [-0.1, -0.05) is 12.1 Å². The van der Waals surface area contributed by atoms with E-state index in [1.54, 1.807) is 24.3 Å². The van der Waals surface area contributed by atoms with Gasteiger partial charge in [0.15, 0.2) is 19.7 Å². The van der Waals surface area contributed by atoms with Gasteiger partial charge in [-0.15, -0.1) is 0 Å². The summed E-state index contributed by atoms with van der Waals surface area (Å²) in [7, 11) is -6.80. The van der Waals surface area contributed by atoms with Gasteiger partial charge in [0.2, 0.25) is 0 Å². The average molecular weight is 354 g/mol. The first kappa shape index (κ1) is 17.4. The van der Waals surface area contributed by atoms with E-state index < -0.39 is 19.7 Å². The van der Waals surface area contributed by atoms with E-state index in [0.29, 0.717) is 11.5 Å². The van der Waals surface area contributed by atoms with E-state index in [2.05, 4.69) is 0 Å². The Morgan fingerprint density at radius 2 is 1.13 bits per heavy atom. The molecule has 9 heteroatoms. The maximum absolute atomic E-state index is 11.5. The zero-order chi connectivity index (χ0) is 17.1. The molecule has 0 aliphatic heterocycles. The normalized spacial score (nSPS) is 11.7. The van der Waals surface area contributed by atoms with Crippen LogP contribution in [0.2, 0.25) is 0 Å². The molecule has 2 aromatic carbocycles. The first-order valence-corrected chi connectivity index (χ1v) is 10.3. The summed E-state index contributed by atoms with van der Waals surface area (Å²) in [6.07, 6.45) is 2.22. The standard InChI is InChI=1S/C14H15BO6S2/c1-22(16,17)13-7-3-5-11(9-13)20-15-21-12-6-4-8-14(10-12)23(2,18)19/h3-10,15H,1-2H3. The van der Waals surface area contributed by atoms with Gasteiger partial charge in [0, 0.05) is 12.5 Å². The molecule has 0 saturated carbocycles. The van der Waals surface area contributed by atoms with Gasteiger partial charge in [-0.3, -0.25) is 0 Å². The molecule has 0 radical (unpaired) electrons. The van der Waals surface area contributed by atoms with Crippen LogP contribution in [0.3, 0.4) is 0 Å². The van der Waals surface area contributed by atoms with E-state index in [4.69, 9.17) is 9.31 Å².